The summed E-state index contributed by atoms with van der Waals surface area (Å²) in [5, 5.41) is 3.10. The van der Waals surface area contributed by atoms with Gasteiger partial charge in [0.25, 0.3) is 0 Å². The third kappa shape index (κ3) is 4.74. The number of nitrogens with zero attached hydrogens (tertiary/aromatic N) is 1. The van der Waals surface area contributed by atoms with Crippen LogP contribution in [0, 0.1) is 0 Å². The van der Waals surface area contributed by atoms with Crippen molar-refractivity contribution in [2.45, 2.75) is 20.3 Å². The molecule has 5 heteroatoms. The van der Waals surface area contributed by atoms with Gasteiger partial charge < -0.3 is 10.1 Å². The Balaban J connectivity index is 2.68. The summed E-state index contributed by atoms with van der Waals surface area (Å²) >= 11 is 0. The summed E-state index contributed by atoms with van der Waals surface area (Å²) in [6.45, 7) is 5.40. The Hall–Kier alpha value is -1.75. The minimum Gasteiger partial charge on any atom is -0.494 e. The Morgan fingerprint density at radius 1 is 1.41 bits per heavy atom. The number of aliphatic imine (C=N–C) groups is 1. The molecule has 0 fully saturated rings. The highest BCUT2D eigenvalue weighted by molar-refractivity contribution is 5.93. The van der Waals surface area contributed by atoms with Gasteiger partial charge in [-0.3, -0.25) is 10.4 Å². The van der Waals surface area contributed by atoms with Crippen molar-refractivity contribution in [2.24, 2.45) is 10.8 Å². The van der Waals surface area contributed by atoms with Crippen LogP contribution in [0.25, 0.3) is 0 Å². The maximum atomic E-state index is 5.41. The van der Waals surface area contributed by atoms with E-state index in [-0.39, 0.29) is 0 Å². The highest BCUT2D eigenvalue weighted by Crippen LogP contribution is 2.16. The van der Waals surface area contributed by atoms with Crippen LogP contribution in [0.1, 0.15) is 20.3 Å². The van der Waals surface area contributed by atoms with E-state index >= 15 is 0 Å². The van der Waals surface area contributed by atoms with Crippen molar-refractivity contribution < 1.29 is 4.74 Å². The molecule has 5 nitrogen and oxygen atoms in total. The molecule has 0 radical (unpaired) electrons. The molecule has 0 spiro atoms. The van der Waals surface area contributed by atoms with Gasteiger partial charge in [-0.05, 0) is 25.5 Å². The lowest BCUT2D eigenvalue weighted by Gasteiger charge is -2.10. The number of guanidine groups is 1. The normalized spacial score (nSPS) is 11.1. The number of hydrogen-bond acceptors (Lipinski definition) is 3. The highest BCUT2D eigenvalue weighted by Gasteiger charge is 1.99. The van der Waals surface area contributed by atoms with E-state index in [1.165, 1.54) is 0 Å². The van der Waals surface area contributed by atoms with Crippen LogP contribution in [0.5, 0.6) is 5.75 Å². The van der Waals surface area contributed by atoms with Crippen molar-refractivity contribution in [1.29, 1.82) is 0 Å². The van der Waals surface area contributed by atoms with Gasteiger partial charge in [-0.2, -0.15) is 0 Å². The second-order valence-electron chi connectivity index (χ2n) is 3.46. The Bertz CT molecular complexity index is 365. The van der Waals surface area contributed by atoms with Crippen LogP contribution in [0.4, 0.5) is 5.69 Å². The molecule has 0 aliphatic carbocycles. The van der Waals surface area contributed by atoms with E-state index in [4.69, 9.17) is 10.6 Å². The molecule has 0 bridgehead atoms. The standard InChI is InChI=1S/C12H20N4O/c1-3-8-14-12(16-13)15-10-6-5-7-11(9-10)17-4-2/h5-7,9H,3-4,8,13H2,1-2H3,(H2,14,15,16). The van der Waals surface area contributed by atoms with Crippen LogP contribution < -0.4 is 21.3 Å². The molecule has 0 aliphatic heterocycles. The number of nitrogens with one attached hydrogen (secondary N) is 2. The van der Waals surface area contributed by atoms with Crippen LogP contribution in [-0.2, 0) is 0 Å². The van der Waals surface area contributed by atoms with Gasteiger partial charge in [-0.25, -0.2) is 5.84 Å². The van der Waals surface area contributed by atoms with Gasteiger partial charge in [0.15, 0.2) is 0 Å². The van der Waals surface area contributed by atoms with Gasteiger partial charge in [0.2, 0.25) is 5.96 Å². The minimum atomic E-state index is 0.556. The summed E-state index contributed by atoms with van der Waals surface area (Å²) in [5.41, 5.74) is 3.43. The lowest BCUT2D eigenvalue weighted by atomic mass is 10.3. The predicted molar refractivity (Wildman–Crippen MR) is 71.1 cm³/mol. The summed E-state index contributed by atoms with van der Waals surface area (Å²) in [7, 11) is 0. The van der Waals surface area contributed by atoms with Crippen LogP contribution in [0.3, 0.4) is 0 Å². The van der Waals surface area contributed by atoms with Crippen LogP contribution in [-0.4, -0.2) is 19.1 Å². The van der Waals surface area contributed by atoms with Crippen molar-refractivity contribution in [2.75, 3.05) is 18.5 Å². The quantitative estimate of drug-likeness (QED) is 0.315. The summed E-state index contributed by atoms with van der Waals surface area (Å²) in [6.07, 6.45) is 0.978. The van der Waals surface area contributed by atoms with Gasteiger partial charge in [0, 0.05) is 18.3 Å². The second-order valence-corrected chi connectivity index (χ2v) is 3.46. The monoisotopic (exact) mass is 236 g/mol. The maximum absolute atomic E-state index is 5.41. The highest BCUT2D eigenvalue weighted by atomic mass is 16.5. The number of nitrogens with two attached hydrogens (primary N) is 1. The number of anilines is 1. The second kappa shape index (κ2) is 7.51. The van der Waals surface area contributed by atoms with Crippen molar-refractivity contribution in [3.63, 3.8) is 0 Å². The van der Waals surface area contributed by atoms with E-state index < -0.39 is 0 Å². The summed E-state index contributed by atoms with van der Waals surface area (Å²) in [4.78, 5) is 4.26. The number of ether oxygens (including phenoxy) is 1. The Kier molecular flexibility index (Phi) is 5.88. The largest absolute Gasteiger partial charge is 0.494 e. The number of hydrazine groups is 1. The Morgan fingerprint density at radius 3 is 2.88 bits per heavy atom. The molecular formula is C12H20N4O. The Morgan fingerprint density at radius 2 is 2.24 bits per heavy atom. The van der Waals surface area contributed by atoms with Crippen molar-refractivity contribution in [1.82, 2.24) is 5.43 Å². The molecule has 0 aromatic heterocycles. The molecule has 94 valence electrons. The summed E-state index contributed by atoms with van der Waals surface area (Å²) < 4.78 is 5.41. The first-order valence-corrected chi connectivity index (χ1v) is 5.81. The first kappa shape index (κ1) is 13.3. The van der Waals surface area contributed by atoms with E-state index in [0.29, 0.717) is 12.6 Å². The first-order valence-electron chi connectivity index (χ1n) is 5.81. The number of rotatable bonds is 5. The SMILES string of the molecule is CCCN=C(NN)Nc1cccc(OCC)c1. The molecular weight excluding hydrogens is 216 g/mol. The lowest BCUT2D eigenvalue weighted by Crippen LogP contribution is -2.36. The lowest BCUT2D eigenvalue weighted by molar-refractivity contribution is 0.340. The molecule has 0 unspecified atom stereocenters. The predicted octanol–water partition coefficient (Wildman–Crippen LogP) is 1.73. The average molecular weight is 236 g/mol. The van der Waals surface area contributed by atoms with E-state index in [9.17, 15) is 0 Å². The van der Waals surface area contributed by atoms with E-state index in [1.54, 1.807) is 0 Å². The molecule has 17 heavy (non-hydrogen) atoms. The topological polar surface area (TPSA) is 71.7 Å². The van der Waals surface area contributed by atoms with Crippen molar-refractivity contribution in [3.8, 4) is 5.75 Å². The molecule has 0 aliphatic rings. The zero-order valence-electron chi connectivity index (χ0n) is 10.4. The van der Waals surface area contributed by atoms with E-state index in [2.05, 4.69) is 22.7 Å². The molecule has 1 aromatic carbocycles. The zero-order chi connectivity index (χ0) is 12.5. The Labute approximate surface area is 102 Å². The molecule has 4 N–H and O–H groups in total. The minimum absolute atomic E-state index is 0.556. The molecule has 0 atom stereocenters. The molecule has 0 saturated heterocycles. The number of hydrogen-bond donors (Lipinski definition) is 3. The fourth-order valence-corrected chi connectivity index (χ4v) is 1.31. The van der Waals surface area contributed by atoms with Crippen LogP contribution in [0.15, 0.2) is 29.3 Å². The van der Waals surface area contributed by atoms with E-state index in [0.717, 1.165) is 24.4 Å². The summed E-state index contributed by atoms with van der Waals surface area (Å²) in [5.74, 6) is 6.76. The van der Waals surface area contributed by atoms with Gasteiger partial charge >= 0.3 is 0 Å². The van der Waals surface area contributed by atoms with Crippen LogP contribution >= 0.6 is 0 Å². The van der Waals surface area contributed by atoms with Crippen molar-refractivity contribution >= 4 is 11.6 Å². The van der Waals surface area contributed by atoms with E-state index in [1.807, 2.05) is 31.2 Å². The van der Waals surface area contributed by atoms with Gasteiger partial charge in [0.1, 0.15) is 5.75 Å². The zero-order valence-corrected chi connectivity index (χ0v) is 10.4. The molecule has 1 rings (SSSR count). The van der Waals surface area contributed by atoms with Crippen LogP contribution in [0.2, 0.25) is 0 Å². The first-order chi connectivity index (χ1) is 8.30. The van der Waals surface area contributed by atoms with Crippen molar-refractivity contribution in [3.05, 3.63) is 24.3 Å². The molecule has 1 aromatic rings. The molecule has 0 saturated carbocycles. The number of benzene rings is 1. The molecule has 0 heterocycles. The third-order valence-corrected chi connectivity index (χ3v) is 2.04. The fourth-order valence-electron chi connectivity index (χ4n) is 1.31. The summed E-state index contributed by atoms with van der Waals surface area (Å²) in [6, 6.07) is 7.67. The molecule has 0 amide bonds. The third-order valence-electron chi connectivity index (χ3n) is 2.04. The average Bonchev–Trinajstić information content (AvgIpc) is 2.35. The maximum Gasteiger partial charge on any atom is 0.210 e. The fraction of sp³-hybridized carbons (Fsp3) is 0.417. The van der Waals surface area contributed by atoms with Gasteiger partial charge in [-0.15, -0.1) is 0 Å². The van der Waals surface area contributed by atoms with Gasteiger partial charge in [0.05, 0.1) is 6.61 Å². The van der Waals surface area contributed by atoms with Gasteiger partial charge in [-0.1, -0.05) is 13.0 Å². The smallest absolute Gasteiger partial charge is 0.210 e.